The molecule has 0 aromatic rings. The molecule has 0 fully saturated rings. The van der Waals surface area contributed by atoms with Gasteiger partial charge in [-0.1, -0.05) is 0 Å². The highest BCUT2D eigenvalue weighted by Gasteiger charge is 2.83. The molecular weight excluding hydrogens is 414 g/mol. The average molecular weight is 430 g/mol. The summed E-state index contributed by atoms with van der Waals surface area (Å²) in [5.74, 6) is -12.5. The Balaban J connectivity index is 6.25. The Bertz CT molecular complexity index is 622. The largest absolute Gasteiger partial charge is 0.428 e. The quantitative estimate of drug-likeness (QED) is 0.472. The summed E-state index contributed by atoms with van der Waals surface area (Å²) < 4.78 is 165. The number of rotatable bonds is 7. The Hall–Kier alpha value is -0.790. The van der Waals surface area contributed by atoms with E-state index in [0.717, 1.165) is 0 Å². The molecule has 0 heterocycles. The highest BCUT2D eigenvalue weighted by atomic mass is 32.2. The molecule has 14 heteroatoms. The van der Waals surface area contributed by atoms with E-state index in [1.165, 1.54) is 0 Å². The van der Waals surface area contributed by atoms with Crippen molar-refractivity contribution in [3.8, 4) is 0 Å². The van der Waals surface area contributed by atoms with Crippen LogP contribution in [0, 0.1) is 0 Å². The summed E-state index contributed by atoms with van der Waals surface area (Å²) in [5, 5.41) is -2.35. The van der Waals surface area contributed by atoms with Gasteiger partial charge in [-0.3, -0.25) is 4.55 Å². The third-order valence-electron chi connectivity index (χ3n) is 4.14. The van der Waals surface area contributed by atoms with Gasteiger partial charge >= 0.3 is 18.0 Å². The molecule has 4 atom stereocenters. The van der Waals surface area contributed by atoms with Crippen molar-refractivity contribution in [1.82, 2.24) is 0 Å². The minimum Gasteiger partial charge on any atom is -0.285 e. The van der Waals surface area contributed by atoms with Gasteiger partial charge in [-0.15, -0.1) is 0 Å². The van der Waals surface area contributed by atoms with Crippen LogP contribution in [0.5, 0.6) is 0 Å². The molecule has 0 aromatic carbocycles. The van der Waals surface area contributed by atoms with E-state index in [1.54, 1.807) is 0 Å². The Morgan fingerprint density at radius 2 is 1.12 bits per heavy atom. The number of alkyl halides is 10. The Labute approximate surface area is 142 Å². The molecule has 3 nitrogen and oxygen atoms in total. The van der Waals surface area contributed by atoms with Crippen molar-refractivity contribution in [2.45, 2.75) is 74.4 Å². The second-order valence-electron chi connectivity index (χ2n) is 6.38. The highest BCUT2D eigenvalue weighted by molar-refractivity contribution is 7.86. The minimum atomic E-state index is -6.49. The van der Waals surface area contributed by atoms with Gasteiger partial charge in [0.1, 0.15) is 0 Å². The molecule has 0 aliphatic heterocycles. The van der Waals surface area contributed by atoms with Crippen molar-refractivity contribution in [2.24, 2.45) is 0 Å². The molecule has 0 aliphatic carbocycles. The lowest BCUT2D eigenvalue weighted by atomic mass is 9.75. The second-order valence-corrected chi connectivity index (χ2v) is 8.21. The van der Waals surface area contributed by atoms with Crippen molar-refractivity contribution >= 4 is 10.1 Å². The molecule has 158 valence electrons. The lowest BCUT2D eigenvalue weighted by molar-refractivity contribution is -0.362. The fourth-order valence-electron chi connectivity index (χ4n) is 2.08. The Kier molecular flexibility index (Phi) is 6.19. The van der Waals surface area contributed by atoms with Crippen LogP contribution in [0.4, 0.5) is 43.9 Å². The minimum absolute atomic E-state index is 0.258. The predicted molar refractivity (Wildman–Crippen MR) is 70.1 cm³/mol. The van der Waals surface area contributed by atoms with Crippen LogP contribution in [-0.4, -0.2) is 53.2 Å². The number of hydrogen-bond donors (Lipinski definition) is 1. The van der Waals surface area contributed by atoms with Gasteiger partial charge in [0.2, 0.25) is 5.67 Å². The van der Waals surface area contributed by atoms with Gasteiger partial charge in [0.05, 0.1) is 5.25 Å². The monoisotopic (exact) mass is 430 g/mol. The van der Waals surface area contributed by atoms with E-state index in [4.69, 9.17) is 4.55 Å². The summed E-state index contributed by atoms with van der Waals surface area (Å²) in [6.45, 7) is -1.51. The van der Waals surface area contributed by atoms with Gasteiger partial charge in [0.25, 0.3) is 15.8 Å². The van der Waals surface area contributed by atoms with Gasteiger partial charge in [0, 0.05) is 6.42 Å². The van der Waals surface area contributed by atoms with E-state index < -0.39 is 70.7 Å². The SMILES string of the molecule is CC(CC(C)(F)C(F)(F)C(C)(F)C(F)(F)C(C)(F)C(F)(F)F)S(=O)(=O)O. The van der Waals surface area contributed by atoms with E-state index >= 15 is 0 Å². The van der Waals surface area contributed by atoms with Gasteiger partial charge in [-0.25, -0.2) is 13.2 Å². The molecule has 0 saturated carbocycles. The first-order chi connectivity index (χ1) is 10.9. The second kappa shape index (κ2) is 6.38. The first kappa shape index (κ1) is 25.2. The lowest BCUT2D eigenvalue weighted by Crippen LogP contribution is -2.71. The van der Waals surface area contributed by atoms with Gasteiger partial charge < -0.3 is 0 Å². The van der Waals surface area contributed by atoms with Crippen LogP contribution >= 0.6 is 0 Å². The zero-order valence-electron chi connectivity index (χ0n) is 13.7. The third-order valence-corrected chi connectivity index (χ3v) is 5.32. The van der Waals surface area contributed by atoms with Crippen molar-refractivity contribution in [3.05, 3.63) is 0 Å². The molecule has 0 aliphatic rings. The molecule has 0 radical (unpaired) electrons. The molecule has 0 saturated heterocycles. The average Bonchev–Trinajstić information content (AvgIpc) is 2.34. The molecule has 0 bridgehead atoms. The molecule has 4 unspecified atom stereocenters. The van der Waals surface area contributed by atoms with Crippen LogP contribution in [0.1, 0.15) is 34.1 Å². The van der Waals surface area contributed by atoms with E-state index in [9.17, 15) is 52.3 Å². The van der Waals surface area contributed by atoms with Crippen LogP contribution in [0.15, 0.2) is 0 Å². The fraction of sp³-hybridized carbons (Fsp3) is 1.00. The topological polar surface area (TPSA) is 54.4 Å². The van der Waals surface area contributed by atoms with Crippen molar-refractivity contribution in [1.29, 1.82) is 0 Å². The van der Waals surface area contributed by atoms with Crippen LogP contribution in [0.25, 0.3) is 0 Å². The van der Waals surface area contributed by atoms with Gasteiger partial charge in [0.15, 0.2) is 5.67 Å². The first-order valence-electron chi connectivity index (χ1n) is 6.73. The summed E-state index contributed by atoms with van der Waals surface area (Å²) in [7, 11) is -5.17. The Morgan fingerprint density at radius 3 is 1.38 bits per heavy atom. The van der Waals surface area contributed by atoms with E-state index in [1.807, 2.05) is 0 Å². The molecule has 0 aromatic heterocycles. The molecule has 0 rings (SSSR count). The van der Waals surface area contributed by atoms with Gasteiger partial charge in [-0.05, 0) is 27.7 Å². The molecule has 0 amide bonds. The van der Waals surface area contributed by atoms with Crippen molar-refractivity contribution < 1.29 is 56.9 Å². The molecule has 1 N–H and O–H groups in total. The molecule has 26 heavy (non-hydrogen) atoms. The summed E-state index contributed by atoms with van der Waals surface area (Å²) in [6, 6.07) is 0. The van der Waals surface area contributed by atoms with Crippen LogP contribution < -0.4 is 0 Å². The maximum atomic E-state index is 14.3. The zero-order valence-corrected chi connectivity index (χ0v) is 14.6. The van der Waals surface area contributed by atoms with E-state index in [2.05, 4.69) is 0 Å². The smallest absolute Gasteiger partial charge is 0.285 e. The first-order valence-corrected chi connectivity index (χ1v) is 8.23. The molecule has 0 spiro atoms. The maximum absolute atomic E-state index is 14.3. The maximum Gasteiger partial charge on any atom is 0.428 e. The zero-order chi connectivity index (χ0) is 21.8. The summed E-state index contributed by atoms with van der Waals surface area (Å²) in [4.78, 5) is 0. The van der Waals surface area contributed by atoms with Crippen LogP contribution in [0.3, 0.4) is 0 Å². The fourth-order valence-corrected chi connectivity index (χ4v) is 2.60. The summed E-state index contributed by atoms with van der Waals surface area (Å²) >= 11 is 0. The number of halogens is 10. The van der Waals surface area contributed by atoms with Crippen LogP contribution in [0.2, 0.25) is 0 Å². The highest BCUT2D eigenvalue weighted by Crippen LogP contribution is 2.59. The van der Waals surface area contributed by atoms with E-state index in [0.29, 0.717) is 6.92 Å². The van der Waals surface area contributed by atoms with Gasteiger partial charge in [-0.2, -0.15) is 39.2 Å². The van der Waals surface area contributed by atoms with Crippen molar-refractivity contribution in [3.63, 3.8) is 0 Å². The van der Waals surface area contributed by atoms with E-state index in [-0.39, 0.29) is 6.92 Å². The Morgan fingerprint density at radius 1 is 0.769 bits per heavy atom. The number of hydrogen-bond acceptors (Lipinski definition) is 2. The lowest BCUT2D eigenvalue weighted by Gasteiger charge is -2.46. The predicted octanol–water partition coefficient (Wildman–Crippen LogP) is 4.67. The standard InChI is InChI=1S/C12H16F10O3S/c1-6(26(23,24)25)5-7(2,13)10(16,17)8(3,14)11(18,19)9(4,15)12(20,21)22/h6H,5H2,1-4H3,(H,23,24,25). The van der Waals surface area contributed by atoms with Crippen LogP contribution in [-0.2, 0) is 10.1 Å². The van der Waals surface area contributed by atoms with Crippen molar-refractivity contribution in [2.75, 3.05) is 0 Å². The normalized spacial score (nSPS) is 22.9. The third kappa shape index (κ3) is 3.76. The summed E-state index contributed by atoms with van der Waals surface area (Å²) in [6.07, 6.45) is -8.46. The summed E-state index contributed by atoms with van der Waals surface area (Å²) in [5.41, 5.74) is -16.0. The molecular formula is C12H16F10O3S.